The molecule has 2 rings (SSSR count). The summed E-state index contributed by atoms with van der Waals surface area (Å²) in [7, 11) is 0. The minimum Gasteiger partial charge on any atom is -0.294 e. The number of hydrogen-bond donors (Lipinski definition) is 0. The summed E-state index contributed by atoms with van der Waals surface area (Å²) in [6.45, 7) is 4.17. The maximum atomic E-state index is 12.5. The summed E-state index contributed by atoms with van der Waals surface area (Å²) in [4.78, 5) is 12.5. The molecular weight excluding hydrogens is 196 g/mol. The first-order valence-corrected chi connectivity index (χ1v) is 6.24. The Labute approximate surface area is 97.9 Å². The number of ketones is 1. The molecule has 0 aliphatic heterocycles. The van der Waals surface area contributed by atoms with E-state index in [4.69, 9.17) is 0 Å². The summed E-state index contributed by atoms with van der Waals surface area (Å²) in [5.41, 5.74) is 1.93. The summed E-state index contributed by atoms with van der Waals surface area (Å²) in [5.74, 6) is 0.352. The zero-order valence-corrected chi connectivity index (χ0v) is 10.3. The summed E-state index contributed by atoms with van der Waals surface area (Å²) >= 11 is 0. The van der Waals surface area contributed by atoms with E-state index < -0.39 is 0 Å². The van der Waals surface area contributed by atoms with Crippen molar-refractivity contribution in [2.24, 2.45) is 5.41 Å². The van der Waals surface area contributed by atoms with Crippen molar-refractivity contribution in [1.82, 2.24) is 0 Å². The van der Waals surface area contributed by atoms with Gasteiger partial charge in [0, 0.05) is 11.0 Å². The smallest absolute Gasteiger partial charge is 0.168 e. The topological polar surface area (TPSA) is 17.1 Å². The number of Topliss-reactive ketones (excluding diaryl/α,β-unsaturated/α-hetero) is 1. The molecule has 0 saturated heterocycles. The van der Waals surface area contributed by atoms with Gasteiger partial charge in [0.25, 0.3) is 0 Å². The minimum absolute atomic E-state index is 0.107. The van der Waals surface area contributed by atoms with Crippen LogP contribution < -0.4 is 0 Å². The number of hydrogen-bond acceptors (Lipinski definition) is 1. The van der Waals surface area contributed by atoms with E-state index in [9.17, 15) is 4.79 Å². The SMILES string of the molecule is Cc1ccccc1C(=O)C1(C)CCCCC1. The van der Waals surface area contributed by atoms with Crippen molar-refractivity contribution in [2.45, 2.75) is 46.0 Å². The molecular formula is C15H20O. The molecule has 0 amide bonds. The molecule has 1 nitrogen and oxygen atoms in total. The number of benzene rings is 1. The third-order valence-electron chi connectivity index (χ3n) is 3.89. The van der Waals surface area contributed by atoms with Crippen LogP contribution in [0.5, 0.6) is 0 Å². The molecule has 0 spiro atoms. The molecule has 0 radical (unpaired) electrons. The van der Waals surface area contributed by atoms with E-state index in [1.54, 1.807) is 0 Å². The van der Waals surface area contributed by atoms with Crippen LogP contribution in [-0.2, 0) is 0 Å². The standard InChI is InChI=1S/C15H20O/c1-12-8-4-5-9-13(12)14(16)15(2)10-6-3-7-11-15/h4-5,8-9H,3,6-7,10-11H2,1-2H3. The highest BCUT2D eigenvalue weighted by molar-refractivity contribution is 6.01. The van der Waals surface area contributed by atoms with Crippen molar-refractivity contribution in [3.05, 3.63) is 35.4 Å². The molecule has 1 saturated carbocycles. The van der Waals surface area contributed by atoms with Crippen molar-refractivity contribution in [2.75, 3.05) is 0 Å². The maximum Gasteiger partial charge on any atom is 0.168 e. The fraction of sp³-hybridized carbons (Fsp3) is 0.533. The molecule has 1 aliphatic carbocycles. The highest BCUT2D eigenvalue weighted by Crippen LogP contribution is 2.38. The van der Waals surface area contributed by atoms with Gasteiger partial charge in [0.15, 0.2) is 5.78 Å². The molecule has 0 bridgehead atoms. The molecule has 16 heavy (non-hydrogen) atoms. The fourth-order valence-electron chi connectivity index (χ4n) is 2.71. The normalized spacial score (nSPS) is 19.4. The van der Waals surface area contributed by atoms with E-state index in [1.165, 1.54) is 19.3 Å². The molecule has 1 fully saturated rings. The van der Waals surface area contributed by atoms with E-state index in [0.717, 1.165) is 24.0 Å². The van der Waals surface area contributed by atoms with Gasteiger partial charge in [-0.15, -0.1) is 0 Å². The van der Waals surface area contributed by atoms with Crippen LogP contribution in [-0.4, -0.2) is 5.78 Å². The lowest BCUT2D eigenvalue weighted by Gasteiger charge is -2.32. The van der Waals surface area contributed by atoms with Crippen molar-refractivity contribution in [3.63, 3.8) is 0 Å². The largest absolute Gasteiger partial charge is 0.294 e. The van der Waals surface area contributed by atoms with Crippen LogP contribution in [0.25, 0.3) is 0 Å². The lowest BCUT2D eigenvalue weighted by atomic mass is 9.70. The third-order valence-corrected chi connectivity index (χ3v) is 3.89. The van der Waals surface area contributed by atoms with Gasteiger partial charge in [-0.3, -0.25) is 4.79 Å². The molecule has 0 aromatic heterocycles. The lowest BCUT2D eigenvalue weighted by molar-refractivity contribution is 0.0749. The van der Waals surface area contributed by atoms with Gasteiger partial charge >= 0.3 is 0 Å². The molecule has 0 unspecified atom stereocenters. The van der Waals surface area contributed by atoms with Crippen LogP contribution in [0.2, 0.25) is 0 Å². The predicted molar refractivity (Wildman–Crippen MR) is 66.7 cm³/mol. The van der Waals surface area contributed by atoms with Crippen LogP contribution in [0.3, 0.4) is 0 Å². The highest BCUT2D eigenvalue weighted by Gasteiger charge is 2.35. The first-order valence-electron chi connectivity index (χ1n) is 6.24. The zero-order chi connectivity index (χ0) is 11.6. The Balaban J connectivity index is 2.28. The quantitative estimate of drug-likeness (QED) is 0.679. The lowest BCUT2D eigenvalue weighted by Crippen LogP contribution is -2.30. The number of aryl methyl sites for hydroxylation is 1. The first kappa shape index (κ1) is 11.4. The Morgan fingerprint density at radius 1 is 1.12 bits per heavy atom. The van der Waals surface area contributed by atoms with Crippen molar-refractivity contribution >= 4 is 5.78 Å². The molecule has 0 heterocycles. The second kappa shape index (κ2) is 4.40. The van der Waals surface area contributed by atoms with E-state index in [2.05, 4.69) is 6.92 Å². The van der Waals surface area contributed by atoms with E-state index in [1.807, 2.05) is 31.2 Å². The second-order valence-electron chi connectivity index (χ2n) is 5.27. The Kier molecular flexibility index (Phi) is 3.13. The average Bonchev–Trinajstić information content (AvgIpc) is 2.30. The van der Waals surface area contributed by atoms with E-state index >= 15 is 0 Å². The van der Waals surface area contributed by atoms with Gasteiger partial charge in [0.2, 0.25) is 0 Å². The Bertz CT molecular complexity index is 386. The Hall–Kier alpha value is -1.11. The molecule has 1 aromatic rings. The van der Waals surface area contributed by atoms with Crippen molar-refractivity contribution in [3.8, 4) is 0 Å². The third kappa shape index (κ3) is 2.04. The number of carbonyl (C=O) groups excluding carboxylic acids is 1. The second-order valence-corrected chi connectivity index (χ2v) is 5.27. The van der Waals surface area contributed by atoms with Crippen LogP contribution in [0.1, 0.15) is 54.9 Å². The minimum atomic E-state index is -0.107. The zero-order valence-electron chi connectivity index (χ0n) is 10.3. The first-order chi connectivity index (χ1) is 7.63. The van der Waals surface area contributed by atoms with Crippen LogP contribution in [0.4, 0.5) is 0 Å². The van der Waals surface area contributed by atoms with E-state index in [0.29, 0.717) is 5.78 Å². The summed E-state index contributed by atoms with van der Waals surface area (Å²) in [5, 5.41) is 0. The van der Waals surface area contributed by atoms with Gasteiger partial charge in [-0.25, -0.2) is 0 Å². The molecule has 86 valence electrons. The summed E-state index contributed by atoms with van der Waals surface area (Å²) in [6, 6.07) is 7.96. The average molecular weight is 216 g/mol. The van der Waals surface area contributed by atoms with Gasteiger partial charge in [0.1, 0.15) is 0 Å². The van der Waals surface area contributed by atoms with Gasteiger partial charge in [-0.2, -0.15) is 0 Å². The van der Waals surface area contributed by atoms with Gasteiger partial charge in [-0.05, 0) is 25.3 Å². The monoisotopic (exact) mass is 216 g/mol. The van der Waals surface area contributed by atoms with Crippen molar-refractivity contribution in [1.29, 1.82) is 0 Å². The molecule has 0 atom stereocenters. The van der Waals surface area contributed by atoms with Crippen molar-refractivity contribution < 1.29 is 4.79 Å². The van der Waals surface area contributed by atoms with Gasteiger partial charge in [0.05, 0.1) is 0 Å². The Morgan fingerprint density at radius 3 is 2.38 bits per heavy atom. The number of rotatable bonds is 2. The molecule has 1 heteroatoms. The van der Waals surface area contributed by atoms with E-state index in [-0.39, 0.29) is 5.41 Å². The molecule has 0 N–H and O–H groups in total. The van der Waals surface area contributed by atoms with Gasteiger partial charge < -0.3 is 0 Å². The predicted octanol–water partition coefficient (Wildman–Crippen LogP) is 4.15. The maximum absolute atomic E-state index is 12.5. The van der Waals surface area contributed by atoms with Crippen LogP contribution in [0.15, 0.2) is 24.3 Å². The van der Waals surface area contributed by atoms with Crippen LogP contribution in [0, 0.1) is 12.3 Å². The summed E-state index contributed by atoms with van der Waals surface area (Å²) < 4.78 is 0. The van der Waals surface area contributed by atoms with Crippen LogP contribution >= 0.6 is 0 Å². The number of carbonyl (C=O) groups is 1. The fourth-order valence-corrected chi connectivity index (χ4v) is 2.71. The van der Waals surface area contributed by atoms with Gasteiger partial charge in [-0.1, -0.05) is 50.5 Å². The Morgan fingerprint density at radius 2 is 1.75 bits per heavy atom. The highest BCUT2D eigenvalue weighted by atomic mass is 16.1. The summed E-state index contributed by atoms with van der Waals surface area (Å²) in [6.07, 6.45) is 5.80. The molecule has 1 aliphatic rings. The molecule has 1 aromatic carbocycles.